The topological polar surface area (TPSA) is 56.7 Å². The van der Waals surface area contributed by atoms with Crippen molar-refractivity contribution >= 4 is 5.82 Å². The summed E-state index contributed by atoms with van der Waals surface area (Å²) in [5, 5.41) is 4.17. The second kappa shape index (κ2) is 3.14. The van der Waals surface area contributed by atoms with Crippen molar-refractivity contribution in [2.45, 2.75) is 6.92 Å². The Morgan fingerprint density at radius 1 is 1.43 bits per heavy atom. The molecule has 4 nitrogen and oxygen atoms in total. The first-order valence-electron chi connectivity index (χ1n) is 4.39. The number of aryl methyl sites for hydroxylation is 2. The van der Waals surface area contributed by atoms with Gasteiger partial charge in [0, 0.05) is 18.8 Å². The van der Waals surface area contributed by atoms with Gasteiger partial charge in [-0.15, -0.1) is 0 Å². The third-order valence-electron chi connectivity index (χ3n) is 2.22. The zero-order chi connectivity index (χ0) is 10.1. The van der Waals surface area contributed by atoms with Gasteiger partial charge in [-0.25, -0.2) is 4.98 Å². The SMILES string of the molecule is Cc1cnn(C)c1-c1cccnc1N. The molecule has 2 heterocycles. The molecule has 0 bridgehead atoms. The zero-order valence-electron chi connectivity index (χ0n) is 8.23. The molecule has 0 unspecified atom stereocenters. The Hall–Kier alpha value is -1.84. The highest BCUT2D eigenvalue weighted by molar-refractivity contribution is 5.72. The van der Waals surface area contributed by atoms with Crippen molar-refractivity contribution in [2.75, 3.05) is 5.73 Å². The lowest BCUT2D eigenvalue weighted by Gasteiger charge is -2.05. The maximum atomic E-state index is 5.80. The van der Waals surface area contributed by atoms with Crippen LogP contribution in [-0.4, -0.2) is 14.8 Å². The van der Waals surface area contributed by atoms with E-state index in [2.05, 4.69) is 10.1 Å². The molecule has 0 saturated heterocycles. The molecule has 0 aliphatic heterocycles. The maximum absolute atomic E-state index is 5.80. The van der Waals surface area contributed by atoms with Crippen LogP contribution >= 0.6 is 0 Å². The number of hydrogen-bond acceptors (Lipinski definition) is 3. The van der Waals surface area contributed by atoms with Crippen molar-refractivity contribution in [1.82, 2.24) is 14.8 Å². The smallest absolute Gasteiger partial charge is 0.132 e. The van der Waals surface area contributed by atoms with E-state index in [1.165, 1.54) is 0 Å². The Morgan fingerprint density at radius 3 is 2.79 bits per heavy atom. The Balaban J connectivity index is 2.66. The molecule has 0 amide bonds. The second-order valence-corrected chi connectivity index (χ2v) is 3.24. The number of nitrogens with two attached hydrogens (primary N) is 1. The van der Waals surface area contributed by atoms with Crippen LogP contribution in [0.1, 0.15) is 5.56 Å². The highest BCUT2D eigenvalue weighted by atomic mass is 15.3. The van der Waals surface area contributed by atoms with E-state index in [1.54, 1.807) is 6.20 Å². The molecule has 0 saturated carbocycles. The van der Waals surface area contributed by atoms with Gasteiger partial charge in [0.2, 0.25) is 0 Å². The minimum absolute atomic E-state index is 0.541. The van der Waals surface area contributed by atoms with Gasteiger partial charge < -0.3 is 5.73 Å². The highest BCUT2D eigenvalue weighted by Gasteiger charge is 2.10. The lowest BCUT2D eigenvalue weighted by atomic mass is 10.1. The van der Waals surface area contributed by atoms with Crippen LogP contribution in [0, 0.1) is 6.92 Å². The number of nitrogen functional groups attached to an aromatic ring is 1. The van der Waals surface area contributed by atoms with Crippen molar-refractivity contribution in [3.8, 4) is 11.3 Å². The second-order valence-electron chi connectivity index (χ2n) is 3.24. The Bertz CT molecular complexity index is 439. The van der Waals surface area contributed by atoms with Crippen LogP contribution in [-0.2, 0) is 7.05 Å². The molecule has 2 aromatic heterocycles. The molecule has 4 heteroatoms. The largest absolute Gasteiger partial charge is 0.383 e. The monoisotopic (exact) mass is 188 g/mol. The zero-order valence-corrected chi connectivity index (χ0v) is 8.23. The molecule has 2 N–H and O–H groups in total. The summed E-state index contributed by atoms with van der Waals surface area (Å²) >= 11 is 0. The summed E-state index contributed by atoms with van der Waals surface area (Å²) in [5.41, 5.74) is 8.86. The first kappa shape index (κ1) is 8.74. The predicted octanol–water partition coefficient (Wildman–Crippen LogP) is 1.37. The number of aromatic nitrogens is 3. The summed E-state index contributed by atoms with van der Waals surface area (Å²) in [5.74, 6) is 0.541. The fourth-order valence-electron chi connectivity index (χ4n) is 1.55. The molecule has 72 valence electrons. The van der Waals surface area contributed by atoms with Gasteiger partial charge in [-0.05, 0) is 24.6 Å². The minimum atomic E-state index is 0.541. The summed E-state index contributed by atoms with van der Waals surface area (Å²) in [6, 6.07) is 3.82. The fraction of sp³-hybridized carbons (Fsp3) is 0.200. The van der Waals surface area contributed by atoms with E-state index in [0.29, 0.717) is 5.82 Å². The first-order chi connectivity index (χ1) is 6.70. The summed E-state index contributed by atoms with van der Waals surface area (Å²) in [4.78, 5) is 4.05. The van der Waals surface area contributed by atoms with Gasteiger partial charge in [-0.3, -0.25) is 4.68 Å². The Kier molecular flexibility index (Phi) is 1.96. The molecule has 14 heavy (non-hydrogen) atoms. The predicted molar refractivity (Wildman–Crippen MR) is 55.6 cm³/mol. The number of rotatable bonds is 1. The van der Waals surface area contributed by atoms with Crippen molar-refractivity contribution in [1.29, 1.82) is 0 Å². The molecule has 0 radical (unpaired) electrons. The van der Waals surface area contributed by atoms with Gasteiger partial charge in [-0.1, -0.05) is 0 Å². The van der Waals surface area contributed by atoms with Crippen LogP contribution in [0.25, 0.3) is 11.3 Å². The molecular weight excluding hydrogens is 176 g/mol. The quantitative estimate of drug-likeness (QED) is 0.735. The summed E-state index contributed by atoms with van der Waals surface area (Å²) in [6.45, 7) is 2.01. The van der Waals surface area contributed by atoms with Crippen LogP contribution in [0.3, 0.4) is 0 Å². The van der Waals surface area contributed by atoms with E-state index in [-0.39, 0.29) is 0 Å². The van der Waals surface area contributed by atoms with Crippen molar-refractivity contribution in [2.24, 2.45) is 7.05 Å². The summed E-state index contributed by atoms with van der Waals surface area (Å²) in [7, 11) is 1.90. The van der Waals surface area contributed by atoms with Crippen LogP contribution in [0.15, 0.2) is 24.5 Å². The summed E-state index contributed by atoms with van der Waals surface area (Å²) in [6.07, 6.45) is 3.51. The third kappa shape index (κ3) is 1.25. The summed E-state index contributed by atoms with van der Waals surface area (Å²) < 4.78 is 1.81. The van der Waals surface area contributed by atoms with Crippen molar-refractivity contribution in [3.63, 3.8) is 0 Å². The minimum Gasteiger partial charge on any atom is -0.383 e. The van der Waals surface area contributed by atoms with Gasteiger partial charge in [0.05, 0.1) is 11.9 Å². The van der Waals surface area contributed by atoms with Gasteiger partial charge >= 0.3 is 0 Å². The van der Waals surface area contributed by atoms with Crippen LogP contribution in [0.4, 0.5) is 5.82 Å². The third-order valence-corrected chi connectivity index (χ3v) is 2.22. The van der Waals surface area contributed by atoms with E-state index >= 15 is 0 Å². The maximum Gasteiger partial charge on any atom is 0.132 e. The molecule has 0 aliphatic carbocycles. The number of nitrogens with zero attached hydrogens (tertiary/aromatic N) is 3. The van der Waals surface area contributed by atoms with Gasteiger partial charge in [0.15, 0.2) is 0 Å². The van der Waals surface area contributed by atoms with Crippen molar-refractivity contribution in [3.05, 3.63) is 30.1 Å². The lowest BCUT2D eigenvalue weighted by Crippen LogP contribution is -1.99. The lowest BCUT2D eigenvalue weighted by molar-refractivity contribution is 0.775. The molecular formula is C10H12N4. The Morgan fingerprint density at radius 2 is 2.21 bits per heavy atom. The van der Waals surface area contributed by atoms with Crippen LogP contribution < -0.4 is 5.73 Å². The molecule has 0 aliphatic rings. The number of pyridine rings is 1. The normalized spacial score (nSPS) is 10.4. The number of anilines is 1. The molecule has 0 spiro atoms. The highest BCUT2D eigenvalue weighted by Crippen LogP contribution is 2.25. The van der Waals surface area contributed by atoms with Gasteiger partial charge in [-0.2, -0.15) is 5.10 Å². The molecule has 2 aromatic rings. The number of hydrogen-bond donors (Lipinski definition) is 1. The van der Waals surface area contributed by atoms with Crippen LogP contribution in [0.5, 0.6) is 0 Å². The average molecular weight is 188 g/mol. The molecule has 0 fully saturated rings. The average Bonchev–Trinajstić information content (AvgIpc) is 2.48. The Labute approximate surface area is 82.4 Å². The van der Waals surface area contributed by atoms with E-state index in [1.807, 2.05) is 37.0 Å². The molecule has 0 atom stereocenters. The van der Waals surface area contributed by atoms with E-state index in [9.17, 15) is 0 Å². The van der Waals surface area contributed by atoms with Crippen LogP contribution in [0.2, 0.25) is 0 Å². The molecule has 2 rings (SSSR count). The van der Waals surface area contributed by atoms with Gasteiger partial charge in [0.1, 0.15) is 5.82 Å². The van der Waals surface area contributed by atoms with E-state index in [0.717, 1.165) is 16.8 Å². The van der Waals surface area contributed by atoms with E-state index < -0.39 is 0 Å². The standard InChI is InChI=1S/C10H12N4/c1-7-6-13-14(2)9(7)8-4-3-5-12-10(8)11/h3-6H,1-2H3,(H2,11,12). The van der Waals surface area contributed by atoms with Gasteiger partial charge in [0.25, 0.3) is 0 Å². The fourth-order valence-corrected chi connectivity index (χ4v) is 1.55. The van der Waals surface area contributed by atoms with E-state index in [4.69, 9.17) is 5.73 Å². The van der Waals surface area contributed by atoms with Crippen molar-refractivity contribution < 1.29 is 0 Å². The first-order valence-corrected chi connectivity index (χ1v) is 4.39. The molecule has 0 aromatic carbocycles.